The third kappa shape index (κ3) is 3.39. The highest BCUT2D eigenvalue weighted by molar-refractivity contribution is 7.10. The van der Waals surface area contributed by atoms with Gasteiger partial charge in [-0.1, -0.05) is 53.8 Å². The number of amides is 2. The van der Waals surface area contributed by atoms with E-state index < -0.39 is 6.04 Å². The van der Waals surface area contributed by atoms with E-state index in [2.05, 4.69) is 10.3 Å². The number of aromatic nitrogens is 1. The first-order valence-electron chi connectivity index (χ1n) is 11.3. The number of nitrogens with one attached hydrogen (secondary N) is 1. The first-order valence-corrected chi connectivity index (χ1v) is 13.0. The number of para-hydroxylation sites is 2. The van der Waals surface area contributed by atoms with Crippen molar-refractivity contribution in [1.82, 2.24) is 4.57 Å². The van der Waals surface area contributed by atoms with Crippen molar-refractivity contribution >= 4 is 51.4 Å². The van der Waals surface area contributed by atoms with Crippen molar-refractivity contribution in [3.8, 4) is 0 Å². The Morgan fingerprint density at radius 3 is 2.50 bits per heavy atom. The van der Waals surface area contributed by atoms with Crippen molar-refractivity contribution < 1.29 is 9.59 Å². The topological polar surface area (TPSA) is 83.8 Å². The summed E-state index contributed by atoms with van der Waals surface area (Å²) in [6, 6.07) is 19.8. The fraction of sp³-hybridized carbons (Fsp3) is 0.111. The fourth-order valence-electron chi connectivity index (χ4n) is 4.69. The molecular formula is C27H20N4O3S2. The lowest BCUT2D eigenvalue weighted by Gasteiger charge is -2.24. The quantitative estimate of drug-likeness (QED) is 0.457. The van der Waals surface area contributed by atoms with Crippen LogP contribution in [0.25, 0.3) is 5.57 Å². The molecule has 0 unspecified atom stereocenters. The van der Waals surface area contributed by atoms with E-state index in [1.54, 1.807) is 23.4 Å². The molecule has 1 atom stereocenters. The number of thiazole rings is 1. The number of hydrogen-bond donors (Lipinski definition) is 1. The number of carbonyl (C=O) groups is 2. The second kappa shape index (κ2) is 8.54. The van der Waals surface area contributed by atoms with Gasteiger partial charge in [0, 0.05) is 23.2 Å². The molecule has 0 fully saturated rings. The van der Waals surface area contributed by atoms with E-state index in [0.717, 1.165) is 16.1 Å². The normalized spacial score (nSPS) is 18.1. The van der Waals surface area contributed by atoms with Gasteiger partial charge in [-0.25, -0.2) is 4.99 Å². The van der Waals surface area contributed by atoms with E-state index in [1.165, 1.54) is 22.7 Å². The Labute approximate surface area is 214 Å². The Kier molecular flexibility index (Phi) is 5.31. The smallest absolute Gasteiger partial charge is 0.272 e. The number of fused-ring (bicyclic) bond motifs is 2. The third-order valence-corrected chi connectivity index (χ3v) is 8.34. The summed E-state index contributed by atoms with van der Waals surface area (Å²) in [7, 11) is 1.70. The molecule has 0 saturated carbocycles. The molecule has 0 aliphatic carbocycles. The summed E-state index contributed by atoms with van der Waals surface area (Å²) in [6.45, 7) is 1.78. The van der Waals surface area contributed by atoms with E-state index in [9.17, 15) is 14.4 Å². The van der Waals surface area contributed by atoms with E-state index in [0.29, 0.717) is 31.9 Å². The second-order valence-corrected chi connectivity index (χ2v) is 10.5. The highest BCUT2D eigenvalue weighted by Crippen LogP contribution is 2.35. The molecule has 2 aliphatic rings. The van der Waals surface area contributed by atoms with Crippen LogP contribution in [0.15, 0.2) is 93.2 Å². The van der Waals surface area contributed by atoms with Gasteiger partial charge < -0.3 is 10.2 Å². The summed E-state index contributed by atoms with van der Waals surface area (Å²) in [5, 5.41) is 4.86. The summed E-state index contributed by atoms with van der Waals surface area (Å²) in [5.41, 5.74) is 3.12. The monoisotopic (exact) mass is 512 g/mol. The molecule has 6 rings (SSSR count). The van der Waals surface area contributed by atoms with Crippen LogP contribution in [-0.2, 0) is 9.59 Å². The Hall–Kier alpha value is -4.08. The van der Waals surface area contributed by atoms with Gasteiger partial charge in [-0.15, -0.1) is 11.3 Å². The molecule has 0 spiro atoms. The van der Waals surface area contributed by atoms with Crippen molar-refractivity contribution in [2.24, 2.45) is 4.99 Å². The van der Waals surface area contributed by atoms with Crippen LogP contribution in [-0.4, -0.2) is 23.4 Å². The van der Waals surface area contributed by atoms with Crippen molar-refractivity contribution in [1.29, 1.82) is 0 Å². The molecule has 4 aromatic rings. The SMILES string of the molecule is CC1=C(C(=O)Nc2ccccc2)[C@H](c2cccs2)n2c(s/c(=C3\C(=O)N(C)c4ccccc43)c2=O)=N1. The number of hydrogen-bond acceptors (Lipinski definition) is 6. The molecule has 9 heteroatoms. The van der Waals surface area contributed by atoms with Gasteiger partial charge in [0.2, 0.25) is 0 Å². The molecule has 0 radical (unpaired) electrons. The zero-order valence-corrected chi connectivity index (χ0v) is 21.0. The highest BCUT2D eigenvalue weighted by atomic mass is 32.1. The minimum absolute atomic E-state index is 0.230. The molecule has 2 aromatic heterocycles. The maximum atomic E-state index is 14.0. The summed E-state index contributed by atoms with van der Waals surface area (Å²) < 4.78 is 1.88. The molecule has 2 aromatic carbocycles. The van der Waals surface area contributed by atoms with Crippen LogP contribution in [0.5, 0.6) is 0 Å². The molecule has 1 N–H and O–H groups in total. The fourth-order valence-corrected chi connectivity index (χ4v) is 6.65. The maximum absolute atomic E-state index is 14.0. The van der Waals surface area contributed by atoms with Crippen molar-refractivity contribution in [3.05, 3.63) is 114 Å². The number of benzene rings is 2. The van der Waals surface area contributed by atoms with Gasteiger partial charge in [-0.2, -0.15) is 0 Å². The molecule has 7 nitrogen and oxygen atoms in total. The number of rotatable bonds is 3. The van der Waals surface area contributed by atoms with E-state index in [4.69, 9.17) is 0 Å². The first-order chi connectivity index (χ1) is 17.5. The van der Waals surface area contributed by atoms with Crippen LogP contribution >= 0.6 is 22.7 Å². The van der Waals surface area contributed by atoms with Gasteiger partial charge >= 0.3 is 0 Å². The van der Waals surface area contributed by atoms with Crippen LogP contribution in [0.3, 0.4) is 0 Å². The van der Waals surface area contributed by atoms with Crippen LogP contribution in [0.4, 0.5) is 11.4 Å². The van der Waals surface area contributed by atoms with Gasteiger partial charge in [0.25, 0.3) is 17.4 Å². The number of anilines is 2. The summed E-state index contributed by atoms with van der Waals surface area (Å²) in [5.74, 6) is -0.548. The average Bonchev–Trinajstić information content (AvgIpc) is 3.58. The van der Waals surface area contributed by atoms with Gasteiger partial charge in [0.05, 0.1) is 22.5 Å². The summed E-state index contributed by atoms with van der Waals surface area (Å²) in [6.07, 6.45) is 0. The molecule has 2 aliphatic heterocycles. The number of carbonyl (C=O) groups excluding carboxylic acids is 2. The Bertz CT molecular complexity index is 1750. The van der Waals surface area contributed by atoms with Crippen LogP contribution in [0.1, 0.15) is 23.4 Å². The molecule has 36 heavy (non-hydrogen) atoms. The summed E-state index contributed by atoms with van der Waals surface area (Å²) >= 11 is 2.66. The van der Waals surface area contributed by atoms with E-state index >= 15 is 0 Å². The number of likely N-dealkylation sites (N-methyl/N-ethyl adjacent to an activating group) is 1. The molecule has 2 amide bonds. The van der Waals surface area contributed by atoms with E-state index in [1.807, 2.05) is 72.1 Å². The van der Waals surface area contributed by atoms with Crippen LogP contribution in [0, 0.1) is 0 Å². The van der Waals surface area contributed by atoms with Gasteiger partial charge in [0.15, 0.2) is 4.80 Å². The Balaban J connectivity index is 1.58. The lowest BCUT2D eigenvalue weighted by atomic mass is 10.0. The van der Waals surface area contributed by atoms with Crippen molar-refractivity contribution in [2.75, 3.05) is 17.3 Å². The predicted octanol–water partition coefficient (Wildman–Crippen LogP) is 3.28. The zero-order chi connectivity index (χ0) is 25.0. The molecule has 178 valence electrons. The number of thiophene rings is 1. The summed E-state index contributed by atoms with van der Waals surface area (Å²) in [4.78, 5) is 48.3. The molecule has 0 saturated heterocycles. The second-order valence-electron chi connectivity index (χ2n) is 8.49. The lowest BCUT2D eigenvalue weighted by Crippen LogP contribution is -2.41. The van der Waals surface area contributed by atoms with Gasteiger partial charge in [-0.05, 0) is 36.6 Å². The van der Waals surface area contributed by atoms with Crippen molar-refractivity contribution in [2.45, 2.75) is 13.0 Å². The lowest BCUT2D eigenvalue weighted by molar-refractivity contribution is -0.113. The minimum atomic E-state index is -0.649. The highest BCUT2D eigenvalue weighted by Gasteiger charge is 2.36. The largest absolute Gasteiger partial charge is 0.322 e. The third-order valence-electron chi connectivity index (χ3n) is 6.37. The predicted molar refractivity (Wildman–Crippen MR) is 142 cm³/mol. The minimum Gasteiger partial charge on any atom is -0.322 e. The molecular weight excluding hydrogens is 492 g/mol. The van der Waals surface area contributed by atoms with Gasteiger partial charge in [0.1, 0.15) is 10.6 Å². The van der Waals surface area contributed by atoms with Gasteiger partial charge in [-0.3, -0.25) is 19.0 Å². The Morgan fingerprint density at radius 2 is 1.75 bits per heavy atom. The van der Waals surface area contributed by atoms with Crippen LogP contribution in [0.2, 0.25) is 0 Å². The number of allylic oxidation sites excluding steroid dienone is 1. The standard InChI is InChI=1S/C27H20N4O3S2/c1-15-20(24(32)29-16-9-4-3-5-10-16)22(19-13-8-14-35-19)31-26(34)23(36-27(31)28-15)21-17-11-6-7-12-18(17)30(2)25(21)33/h3-14,22H,1-2H3,(H,29,32)/b23-21-/t22-/m0/s1. The first kappa shape index (κ1) is 22.4. The Morgan fingerprint density at radius 1 is 1.00 bits per heavy atom. The maximum Gasteiger partial charge on any atom is 0.272 e. The van der Waals surface area contributed by atoms with Crippen LogP contribution < -0.4 is 25.1 Å². The van der Waals surface area contributed by atoms with Crippen molar-refractivity contribution in [3.63, 3.8) is 0 Å². The average molecular weight is 513 g/mol. The number of nitrogens with zero attached hydrogens (tertiary/aromatic N) is 3. The zero-order valence-electron chi connectivity index (χ0n) is 19.4. The molecule has 4 heterocycles. The molecule has 0 bridgehead atoms. The van der Waals surface area contributed by atoms with E-state index in [-0.39, 0.29) is 17.4 Å².